The second-order valence-electron chi connectivity index (χ2n) is 5.91. The minimum atomic E-state index is -0.971. The summed E-state index contributed by atoms with van der Waals surface area (Å²) in [4.78, 5) is 36.6. The van der Waals surface area contributed by atoms with E-state index in [0.717, 1.165) is 10.1 Å². The minimum Gasteiger partial charge on any atom is -0.368 e. The van der Waals surface area contributed by atoms with Crippen LogP contribution in [0.2, 0.25) is 0 Å². The molecule has 3 rings (SSSR count). The van der Waals surface area contributed by atoms with Gasteiger partial charge in [-0.25, -0.2) is 4.68 Å². The third-order valence-corrected chi connectivity index (χ3v) is 4.07. The summed E-state index contributed by atoms with van der Waals surface area (Å²) in [7, 11) is 0. The first-order valence-electron chi connectivity index (χ1n) is 8.07. The number of carbonyl (C=O) groups is 2. The minimum absolute atomic E-state index is 0.304. The highest BCUT2D eigenvalue weighted by molar-refractivity contribution is 5.88. The van der Waals surface area contributed by atoms with Gasteiger partial charge in [0, 0.05) is 5.39 Å². The Kier molecular flexibility index (Phi) is 4.79. The molecule has 1 heterocycles. The van der Waals surface area contributed by atoms with Crippen LogP contribution in [0.3, 0.4) is 0 Å². The molecule has 0 bridgehead atoms. The standard InChI is InChI=1S/C19H18N4O3/c1-12-14-9-5-6-10-15(14)19(26)23(22-12)11-16(24)21-17(18(20)25)13-7-3-2-4-8-13/h2-10,17H,11H2,1H3,(H2,20,25)(H,21,24). The number of fused-ring (bicyclic) bond motifs is 1. The highest BCUT2D eigenvalue weighted by atomic mass is 16.2. The lowest BCUT2D eigenvalue weighted by molar-refractivity contribution is -0.128. The molecule has 0 saturated heterocycles. The van der Waals surface area contributed by atoms with Crippen LogP contribution in [0.5, 0.6) is 0 Å². The Morgan fingerprint density at radius 3 is 2.35 bits per heavy atom. The monoisotopic (exact) mass is 350 g/mol. The highest BCUT2D eigenvalue weighted by Crippen LogP contribution is 2.13. The fourth-order valence-corrected chi connectivity index (χ4v) is 2.82. The van der Waals surface area contributed by atoms with Crippen LogP contribution in [0, 0.1) is 6.92 Å². The van der Waals surface area contributed by atoms with E-state index in [9.17, 15) is 14.4 Å². The Hall–Kier alpha value is -3.48. The second-order valence-corrected chi connectivity index (χ2v) is 5.91. The number of nitrogens with two attached hydrogens (primary N) is 1. The van der Waals surface area contributed by atoms with Crippen molar-refractivity contribution in [1.82, 2.24) is 15.1 Å². The number of nitrogens with zero attached hydrogens (tertiary/aromatic N) is 2. The van der Waals surface area contributed by atoms with Gasteiger partial charge in [0.25, 0.3) is 5.56 Å². The van der Waals surface area contributed by atoms with Crippen molar-refractivity contribution in [3.63, 3.8) is 0 Å². The molecule has 7 nitrogen and oxygen atoms in total. The zero-order valence-corrected chi connectivity index (χ0v) is 14.2. The van der Waals surface area contributed by atoms with Gasteiger partial charge >= 0.3 is 0 Å². The third kappa shape index (κ3) is 3.46. The lowest BCUT2D eigenvalue weighted by Crippen LogP contribution is -2.41. The molecular formula is C19H18N4O3. The molecule has 2 aromatic carbocycles. The molecule has 1 atom stereocenters. The van der Waals surface area contributed by atoms with Crippen LogP contribution in [-0.4, -0.2) is 21.6 Å². The molecule has 0 spiro atoms. The summed E-state index contributed by atoms with van der Waals surface area (Å²) < 4.78 is 1.09. The molecule has 7 heteroatoms. The number of carbonyl (C=O) groups excluding carboxylic acids is 2. The molecule has 0 aliphatic rings. The molecule has 0 fully saturated rings. The average molecular weight is 350 g/mol. The second kappa shape index (κ2) is 7.18. The van der Waals surface area contributed by atoms with Gasteiger partial charge in [-0.3, -0.25) is 14.4 Å². The van der Waals surface area contributed by atoms with Crippen LogP contribution < -0.4 is 16.6 Å². The Bertz CT molecular complexity index is 1030. The molecule has 1 unspecified atom stereocenters. The van der Waals surface area contributed by atoms with Gasteiger partial charge in [0.2, 0.25) is 11.8 Å². The lowest BCUT2D eigenvalue weighted by Gasteiger charge is -2.16. The van der Waals surface area contributed by atoms with Crippen LogP contribution in [0.1, 0.15) is 17.3 Å². The molecule has 0 saturated carbocycles. The van der Waals surface area contributed by atoms with E-state index in [4.69, 9.17) is 5.73 Å². The Morgan fingerprint density at radius 1 is 1.08 bits per heavy atom. The third-order valence-electron chi connectivity index (χ3n) is 4.07. The number of hydrogen-bond donors (Lipinski definition) is 2. The number of primary amides is 1. The van der Waals surface area contributed by atoms with Crippen molar-refractivity contribution in [3.8, 4) is 0 Å². The first kappa shape index (κ1) is 17.3. The number of nitrogens with one attached hydrogen (secondary N) is 1. The SMILES string of the molecule is Cc1nn(CC(=O)NC(C(N)=O)c2ccccc2)c(=O)c2ccccc12. The summed E-state index contributed by atoms with van der Waals surface area (Å²) in [5.74, 6) is -1.21. The molecular weight excluding hydrogens is 332 g/mol. The van der Waals surface area contributed by atoms with Gasteiger partial charge in [-0.2, -0.15) is 5.10 Å². The zero-order chi connectivity index (χ0) is 18.7. The van der Waals surface area contributed by atoms with Crippen molar-refractivity contribution < 1.29 is 9.59 Å². The van der Waals surface area contributed by atoms with Crippen molar-refractivity contribution in [2.45, 2.75) is 19.5 Å². The van der Waals surface area contributed by atoms with Crippen LogP contribution in [0.15, 0.2) is 59.4 Å². The van der Waals surface area contributed by atoms with Crippen LogP contribution >= 0.6 is 0 Å². The van der Waals surface area contributed by atoms with E-state index in [0.29, 0.717) is 16.6 Å². The first-order chi connectivity index (χ1) is 12.5. The zero-order valence-electron chi connectivity index (χ0n) is 14.2. The van der Waals surface area contributed by atoms with Crippen molar-refractivity contribution in [1.29, 1.82) is 0 Å². The molecule has 0 aliphatic heterocycles. The van der Waals surface area contributed by atoms with Crippen molar-refractivity contribution in [3.05, 3.63) is 76.2 Å². The van der Waals surface area contributed by atoms with Gasteiger partial charge in [-0.15, -0.1) is 0 Å². The predicted octanol–water partition coefficient (Wildman–Crippen LogP) is 1.05. The first-order valence-corrected chi connectivity index (χ1v) is 8.07. The number of aryl methyl sites for hydroxylation is 1. The van der Waals surface area contributed by atoms with E-state index in [1.165, 1.54) is 0 Å². The van der Waals surface area contributed by atoms with E-state index in [2.05, 4.69) is 10.4 Å². The topological polar surface area (TPSA) is 107 Å². The Morgan fingerprint density at radius 2 is 1.69 bits per heavy atom. The summed E-state index contributed by atoms with van der Waals surface area (Å²) in [6, 6.07) is 14.8. The summed E-state index contributed by atoms with van der Waals surface area (Å²) >= 11 is 0. The molecule has 3 N–H and O–H groups in total. The van der Waals surface area contributed by atoms with Gasteiger partial charge in [0.1, 0.15) is 12.6 Å². The number of hydrogen-bond acceptors (Lipinski definition) is 4. The van der Waals surface area contributed by atoms with Crippen LogP contribution in [0.25, 0.3) is 10.8 Å². The molecule has 0 aliphatic carbocycles. The number of rotatable bonds is 5. The van der Waals surface area contributed by atoms with E-state index in [1.807, 2.05) is 12.1 Å². The largest absolute Gasteiger partial charge is 0.368 e. The summed E-state index contributed by atoms with van der Waals surface area (Å²) in [6.07, 6.45) is 0. The predicted molar refractivity (Wildman–Crippen MR) is 97.3 cm³/mol. The van der Waals surface area contributed by atoms with Crippen molar-refractivity contribution in [2.75, 3.05) is 0 Å². The normalized spacial score (nSPS) is 11.9. The molecule has 2 amide bonds. The van der Waals surface area contributed by atoms with Gasteiger partial charge in [0.15, 0.2) is 0 Å². The number of amides is 2. The highest BCUT2D eigenvalue weighted by Gasteiger charge is 2.21. The molecule has 132 valence electrons. The quantitative estimate of drug-likeness (QED) is 0.717. The Balaban J connectivity index is 1.86. The fraction of sp³-hybridized carbons (Fsp3) is 0.158. The lowest BCUT2D eigenvalue weighted by atomic mass is 10.1. The maximum atomic E-state index is 12.5. The summed E-state index contributed by atoms with van der Waals surface area (Å²) in [6.45, 7) is 1.47. The molecule has 3 aromatic rings. The van der Waals surface area contributed by atoms with Gasteiger partial charge in [0.05, 0.1) is 11.1 Å². The summed E-state index contributed by atoms with van der Waals surface area (Å²) in [5, 5.41) is 7.99. The van der Waals surface area contributed by atoms with E-state index in [-0.39, 0.29) is 12.1 Å². The molecule has 26 heavy (non-hydrogen) atoms. The summed E-state index contributed by atoms with van der Waals surface area (Å²) in [5.41, 5.74) is 6.25. The maximum Gasteiger partial charge on any atom is 0.275 e. The average Bonchev–Trinajstić information content (AvgIpc) is 2.64. The fourth-order valence-electron chi connectivity index (χ4n) is 2.82. The number of benzene rings is 2. The van der Waals surface area contributed by atoms with Crippen molar-refractivity contribution in [2.24, 2.45) is 5.73 Å². The Labute approximate surface area is 149 Å². The van der Waals surface area contributed by atoms with Gasteiger partial charge in [-0.1, -0.05) is 48.5 Å². The van der Waals surface area contributed by atoms with Crippen molar-refractivity contribution >= 4 is 22.6 Å². The molecule has 1 aromatic heterocycles. The van der Waals surface area contributed by atoms with Crippen LogP contribution in [0.4, 0.5) is 0 Å². The van der Waals surface area contributed by atoms with Gasteiger partial charge < -0.3 is 11.1 Å². The smallest absolute Gasteiger partial charge is 0.275 e. The number of aromatic nitrogens is 2. The van der Waals surface area contributed by atoms with E-state index in [1.54, 1.807) is 49.4 Å². The van der Waals surface area contributed by atoms with Gasteiger partial charge in [-0.05, 0) is 18.6 Å². The van der Waals surface area contributed by atoms with Crippen LogP contribution in [-0.2, 0) is 16.1 Å². The van der Waals surface area contributed by atoms with E-state index >= 15 is 0 Å². The van der Waals surface area contributed by atoms with E-state index < -0.39 is 17.9 Å². The maximum absolute atomic E-state index is 12.5. The molecule has 0 radical (unpaired) electrons.